The standard InChI is InChI=1S/C19H17IN2OS/c1-12(2)14-5-3-13(4-6-14)11-17-18(23)22-19(24-17)21-16-9-7-15(20)8-10-16/h3-12H,1-2H3,(H,21,22,23)/b17-11+. The van der Waals surface area contributed by atoms with Crippen molar-refractivity contribution in [2.75, 3.05) is 0 Å². The minimum atomic E-state index is -0.0998. The zero-order valence-corrected chi connectivity index (χ0v) is 16.4. The molecule has 0 aliphatic carbocycles. The average molecular weight is 448 g/mol. The molecule has 5 heteroatoms. The van der Waals surface area contributed by atoms with Crippen molar-refractivity contribution in [3.05, 3.63) is 68.1 Å². The molecule has 0 unspecified atom stereocenters. The second-order valence-electron chi connectivity index (χ2n) is 5.78. The minimum absolute atomic E-state index is 0.0998. The third-order valence-corrected chi connectivity index (χ3v) is 5.24. The number of benzene rings is 2. The van der Waals surface area contributed by atoms with E-state index in [9.17, 15) is 4.79 Å². The van der Waals surface area contributed by atoms with Gasteiger partial charge in [-0.1, -0.05) is 38.1 Å². The molecule has 1 saturated heterocycles. The van der Waals surface area contributed by atoms with Gasteiger partial charge in [0.15, 0.2) is 5.17 Å². The predicted molar refractivity (Wildman–Crippen MR) is 110 cm³/mol. The van der Waals surface area contributed by atoms with Gasteiger partial charge < -0.3 is 5.32 Å². The van der Waals surface area contributed by atoms with Gasteiger partial charge in [0.2, 0.25) is 0 Å². The zero-order valence-electron chi connectivity index (χ0n) is 13.4. The summed E-state index contributed by atoms with van der Waals surface area (Å²) in [6, 6.07) is 16.2. The van der Waals surface area contributed by atoms with Gasteiger partial charge in [-0.05, 0) is 81.7 Å². The molecule has 1 aliphatic rings. The molecular weight excluding hydrogens is 431 g/mol. The lowest BCUT2D eigenvalue weighted by Gasteiger charge is -2.04. The lowest BCUT2D eigenvalue weighted by Crippen LogP contribution is -2.19. The molecule has 24 heavy (non-hydrogen) atoms. The van der Waals surface area contributed by atoms with Crippen LogP contribution >= 0.6 is 34.4 Å². The van der Waals surface area contributed by atoms with Crippen LogP contribution in [0.3, 0.4) is 0 Å². The quantitative estimate of drug-likeness (QED) is 0.511. The highest BCUT2D eigenvalue weighted by Crippen LogP contribution is 2.28. The molecular formula is C19H17IN2OS. The molecule has 1 heterocycles. The average Bonchev–Trinajstić information content (AvgIpc) is 2.89. The largest absolute Gasteiger partial charge is 0.300 e. The number of hydrogen-bond donors (Lipinski definition) is 1. The number of amides is 1. The number of nitrogens with one attached hydrogen (secondary N) is 1. The summed E-state index contributed by atoms with van der Waals surface area (Å²) in [5.41, 5.74) is 3.15. The Labute approximate surface area is 159 Å². The second-order valence-corrected chi connectivity index (χ2v) is 8.06. The number of rotatable bonds is 3. The molecule has 0 aromatic heterocycles. The Morgan fingerprint density at radius 1 is 1.08 bits per heavy atom. The lowest BCUT2D eigenvalue weighted by atomic mass is 10.0. The van der Waals surface area contributed by atoms with Crippen molar-refractivity contribution in [2.45, 2.75) is 19.8 Å². The molecule has 0 bridgehead atoms. The number of carbonyl (C=O) groups is 1. The van der Waals surface area contributed by atoms with Crippen LogP contribution in [0.4, 0.5) is 5.69 Å². The van der Waals surface area contributed by atoms with Crippen LogP contribution in [0.2, 0.25) is 0 Å². The molecule has 0 saturated carbocycles. The van der Waals surface area contributed by atoms with Gasteiger partial charge in [-0.25, -0.2) is 4.99 Å². The third kappa shape index (κ3) is 4.27. The number of thioether (sulfide) groups is 1. The van der Waals surface area contributed by atoms with Crippen molar-refractivity contribution in [3.8, 4) is 0 Å². The maximum atomic E-state index is 12.1. The molecule has 2 aromatic rings. The molecule has 1 aliphatic heterocycles. The fraction of sp³-hybridized carbons (Fsp3) is 0.158. The summed E-state index contributed by atoms with van der Waals surface area (Å²) in [5, 5.41) is 3.44. The number of halogens is 1. The summed E-state index contributed by atoms with van der Waals surface area (Å²) in [6.45, 7) is 4.34. The zero-order chi connectivity index (χ0) is 17.1. The Hall–Kier alpha value is -1.60. The maximum absolute atomic E-state index is 12.1. The van der Waals surface area contributed by atoms with Crippen molar-refractivity contribution in [3.63, 3.8) is 0 Å². The highest BCUT2D eigenvalue weighted by Gasteiger charge is 2.23. The van der Waals surface area contributed by atoms with Gasteiger partial charge in [-0.15, -0.1) is 0 Å². The fourth-order valence-corrected chi connectivity index (χ4v) is 3.44. The summed E-state index contributed by atoms with van der Waals surface area (Å²) in [5.74, 6) is 0.403. The lowest BCUT2D eigenvalue weighted by molar-refractivity contribution is -0.115. The van der Waals surface area contributed by atoms with Crippen LogP contribution < -0.4 is 5.32 Å². The number of amidine groups is 1. The monoisotopic (exact) mass is 448 g/mol. The smallest absolute Gasteiger partial charge is 0.264 e. The summed E-state index contributed by atoms with van der Waals surface area (Å²) >= 11 is 3.63. The van der Waals surface area contributed by atoms with Gasteiger partial charge in [0.1, 0.15) is 0 Å². The summed E-state index contributed by atoms with van der Waals surface area (Å²) in [4.78, 5) is 17.3. The van der Waals surface area contributed by atoms with E-state index in [1.54, 1.807) is 0 Å². The highest BCUT2D eigenvalue weighted by atomic mass is 127. The van der Waals surface area contributed by atoms with Crippen LogP contribution in [0.15, 0.2) is 58.4 Å². The first-order valence-corrected chi connectivity index (χ1v) is 9.56. The third-order valence-electron chi connectivity index (χ3n) is 3.61. The van der Waals surface area contributed by atoms with Gasteiger partial charge >= 0.3 is 0 Å². The van der Waals surface area contributed by atoms with E-state index < -0.39 is 0 Å². The van der Waals surface area contributed by atoms with Crippen molar-refractivity contribution in [2.24, 2.45) is 4.99 Å². The number of hydrogen-bond acceptors (Lipinski definition) is 3. The Bertz CT molecular complexity index is 808. The van der Waals surface area contributed by atoms with E-state index in [1.165, 1.54) is 17.3 Å². The molecule has 0 spiro atoms. The molecule has 0 radical (unpaired) electrons. The molecule has 0 atom stereocenters. The van der Waals surface area contributed by atoms with E-state index in [0.29, 0.717) is 16.0 Å². The van der Waals surface area contributed by atoms with Crippen LogP contribution in [-0.2, 0) is 4.79 Å². The van der Waals surface area contributed by atoms with Crippen molar-refractivity contribution >= 4 is 57.2 Å². The summed E-state index contributed by atoms with van der Waals surface area (Å²) in [7, 11) is 0. The van der Waals surface area contributed by atoms with Gasteiger partial charge in [0.05, 0.1) is 10.6 Å². The molecule has 2 aromatic carbocycles. The second kappa shape index (κ2) is 7.53. The molecule has 122 valence electrons. The predicted octanol–water partition coefficient (Wildman–Crippen LogP) is 5.31. The van der Waals surface area contributed by atoms with E-state index in [-0.39, 0.29) is 5.91 Å². The van der Waals surface area contributed by atoms with E-state index in [2.05, 4.69) is 58.9 Å². The van der Waals surface area contributed by atoms with E-state index >= 15 is 0 Å². The minimum Gasteiger partial charge on any atom is -0.300 e. The molecule has 1 fully saturated rings. The first kappa shape index (κ1) is 17.2. The first-order valence-electron chi connectivity index (χ1n) is 7.66. The Balaban J connectivity index is 1.77. The van der Waals surface area contributed by atoms with E-state index in [0.717, 1.165) is 14.8 Å². The van der Waals surface area contributed by atoms with Crippen LogP contribution in [-0.4, -0.2) is 11.1 Å². The van der Waals surface area contributed by atoms with Gasteiger partial charge in [-0.3, -0.25) is 4.79 Å². The fourth-order valence-electron chi connectivity index (χ4n) is 2.24. The van der Waals surface area contributed by atoms with Crippen LogP contribution in [0.25, 0.3) is 6.08 Å². The molecule has 1 N–H and O–H groups in total. The molecule has 3 nitrogen and oxygen atoms in total. The SMILES string of the molecule is CC(C)c1ccc(/C=C2/SC(=Nc3ccc(I)cc3)NC2=O)cc1. The maximum Gasteiger partial charge on any atom is 0.264 e. The van der Waals surface area contributed by atoms with Crippen LogP contribution in [0.1, 0.15) is 30.9 Å². The van der Waals surface area contributed by atoms with Crippen molar-refractivity contribution < 1.29 is 4.79 Å². The van der Waals surface area contributed by atoms with E-state index in [4.69, 9.17) is 0 Å². The number of aliphatic imine (C=N–C) groups is 1. The topological polar surface area (TPSA) is 41.5 Å². The Morgan fingerprint density at radius 2 is 1.75 bits per heavy atom. The summed E-state index contributed by atoms with van der Waals surface area (Å²) < 4.78 is 1.16. The van der Waals surface area contributed by atoms with E-state index in [1.807, 2.05) is 42.5 Å². The van der Waals surface area contributed by atoms with Crippen molar-refractivity contribution in [1.29, 1.82) is 0 Å². The van der Waals surface area contributed by atoms with Gasteiger partial charge in [0.25, 0.3) is 5.91 Å². The number of nitrogens with zero attached hydrogens (tertiary/aromatic N) is 1. The normalized spacial score (nSPS) is 17.8. The van der Waals surface area contributed by atoms with Gasteiger partial charge in [-0.2, -0.15) is 0 Å². The van der Waals surface area contributed by atoms with Crippen LogP contribution in [0, 0.1) is 3.57 Å². The van der Waals surface area contributed by atoms with Gasteiger partial charge in [0, 0.05) is 3.57 Å². The number of carbonyl (C=O) groups excluding carboxylic acids is 1. The molecule has 1 amide bonds. The highest BCUT2D eigenvalue weighted by molar-refractivity contribution is 14.1. The first-order chi connectivity index (χ1) is 11.5. The Morgan fingerprint density at radius 3 is 2.38 bits per heavy atom. The van der Waals surface area contributed by atoms with Crippen LogP contribution in [0.5, 0.6) is 0 Å². The Kier molecular flexibility index (Phi) is 5.40. The van der Waals surface area contributed by atoms with Crippen molar-refractivity contribution in [1.82, 2.24) is 5.32 Å². The summed E-state index contributed by atoms with van der Waals surface area (Å²) in [6.07, 6.45) is 1.90. The molecule has 3 rings (SSSR count).